The maximum atomic E-state index is 2.55. The predicted molar refractivity (Wildman–Crippen MR) is 305 cm³/mol. The van der Waals surface area contributed by atoms with Gasteiger partial charge in [-0.25, -0.2) is 0 Å². The summed E-state index contributed by atoms with van der Waals surface area (Å²) in [7, 11) is 0. The van der Waals surface area contributed by atoms with Crippen LogP contribution in [0.25, 0.3) is 88.3 Å². The molecule has 0 amide bonds. The number of benzene rings is 12. The number of allylic oxidation sites excluding steroid dienone is 2. The summed E-state index contributed by atoms with van der Waals surface area (Å²) in [6, 6.07) is 81.9. The van der Waals surface area contributed by atoms with Crippen LogP contribution in [0, 0.1) is 5.92 Å². The molecule has 0 spiro atoms. The van der Waals surface area contributed by atoms with E-state index < -0.39 is 0 Å². The highest BCUT2D eigenvalue weighted by molar-refractivity contribution is 6.33. The molecule has 71 heavy (non-hydrogen) atoms. The van der Waals surface area contributed by atoms with Gasteiger partial charge in [0.2, 0.25) is 0 Å². The molecule has 1 unspecified atom stereocenters. The van der Waals surface area contributed by atoms with Crippen molar-refractivity contribution in [1.82, 2.24) is 0 Å². The predicted octanol–water partition coefficient (Wildman–Crippen LogP) is 19.3. The summed E-state index contributed by atoms with van der Waals surface area (Å²) in [5.74, 6) is 0.480. The molecule has 0 saturated heterocycles. The summed E-state index contributed by atoms with van der Waals surface area (Å²) >= 11 is 0. The number of hydrogen-bond acceptors (Lipinski definition) is 2. The molecule has 0 bridgehead atoms. The molecular formula is C69H50N2. The number of fused-ring (bicyclic) bond motifs is 4. The fourth-order valence-electron chi connectivity index (χ4n) is 12.1. The Morgan fingerprint density at radius 3 is 1.39 bits per heavy atom. The van der Waals surface area contributed by atoms with Gasteiger partial charge < -0.3 is 9.80 Å². The Hall–Kier alpha value is -8.72. The van der Waals surface area contributed by atoms with Crippen molar-refractivity contribution in [3.05, 3.63) is 253 Å². The average Bonchev–Trinajstić information content (AvgIpc) is 3.43. The lowest BCUT2D eigenvalue weighted by Gasteiger charge is -2.33. The zero-order valence-electron chi connectivity index (χ0n) is 39.7. The number of para-hydroxylation sites is 2. The molecule has 0 saturated carbocycles. The number of rotatable bonds is 8. The molecule has 0 fully saturated rings. The zero-order valence-corrected chi connectivity index (χ0v) is 39.7. The van der Waals surface area contributed by atoms with Crippen LogP contribution in [-0.2, 0) is 12.8 Å². The molecule has 336 valence electrons. The lowest BCUT2D eigenvalue weighted by molar-refractivity contribution is 0.717. The molecule has 12 aromatic rings. The first-order chi connectivity index (χ1) is 35.2. The van der Waals surface area contributed by atoms with E-state index in [1.807, 2.05) is 0 Å². The van der Waals surface area contributed by atoms with Gasteiger partial charge in [0, 0.05) is 44.0 Å². The average molecular weight is 907 g/mol. The standard InChI is InChI=1S/C69H50N2/c1-45-36-37-55-49(42-45)24-17-35-65(55)71(51-27-6-3-7-28-51)67-44-63(57-33-15-22-47-19-9-12-30-53(47)57)59-38-40-60-66(70(50-25-4-2-5-26-50)64-34-16-23-48-20-10-13-31-54(48)64)43-62(58-39-41-61(67)69(59)68(58)60)56-32-14-21-46-18-8-11-29-52(46)56/h2-9,11-19,21-41,43-45H,10,20,42H2,1H3. The molecule has 0 N–H and O–H groups in total. The smallest absolute Gasteiger partial charge is 0.0547 e. The Morgan fingerprint density at radius 1 is 0.366 bits per heavy atom. The van der Waals surface area contributed by atoms with E-state index in [0.29, 0.717) is 5.92 Å². The molecule has 1 atom stereocenters. The largest absolute Gasteiger partial charge is 0.309 e. The summed E-state index contributed by atoms with van der Waals surface area (Å²) in [4.78, 5) is 5.09. The monoisotopic (exact) mass is 906 g/mol. The number of hydrogen-bond donors (Lipinski definition) is 0. The van der Waals surface area contributed by atoms with Gasteiger partial charge in [0.25, 0.3) is 0 Å². The Kier molecular flexibility index (Phi) is 9.74. The summed E-state index contributed by atoms with van der Waals surface area (Å²) in [6.45, 7) is 2.32. The Morgan fingerprint density at radius 2 is 0.831 bits per heavy atom. The van der Waals surface area contributed by atoms with E-state index in [1.54, 1.807) is 0 Å². The van der Waals surface area contributed by atoms with Crippen LogP contribution in [0.15, 0.2) is 231 Å². The van der Waals surface area contributed by atoms with Crippen molar-refractivity contribution >= 4 is 100 Å². The normalized spacial score (nSPS) is 14.1. The van der Waals surface area contributed by atoms with Crippen LogP contribution >= 0.6 is 0 Å². The second-order valence-electron chi connectivity index (χ2n) is 19.5. The van der Waals surface area contributed by atoms with Crippen molar-refractivity contribution in [3.8, 4) is 22.3 Å². The molecule has 0 radical (unpaired) electrons. The summed E-state index contributed by atoms with van der Waals surface area (Å²) < 4.78 is 0. The maximum absolute atomic E-state index is 2.55. The quantitative estimate of drug-likeness (QED) is 0.140. The van der Waals surface area contributed by atoms with Gasteiger partial charge in [-0.15, -0.1) is 0 Å². The summed E-state index contributed by atoms with van der Waals surface area (Å²) in [6.07, 6.45) is 12.5. The van der Waals surface area contributed by atoms with Gasteiger partial charge >= 0.3 is 0 Å². The van der Waals surface area contributed by atoms with Crippen molar-refractivity contribution in [3.63, 3.8) is 0 Å². The highest BCUT2D eigenvalue weighted by Crippen LogP contribution is 2.54. The molecule has 0 aliphatic heterocycles. The van der Waals surface area contributed by atoms with Crippen molar-refractivity contribution in [2.45, 2.75) is 26.2 Å². The first-order valence-electron chi connectivity index (χ1n) is 25.2. The second-order valence-corrected chi connectivity index (χ2v) is 19.5. The van der Waals surface area contributed by atoms with Crippen LogP contribution in [0.3, 0.4) is 0 Å². The Balaban J connectivity index is 1.18. The van der Waals surface area contributed by atoms with E-state index in [0.717, 1.165) is 42.0 Å². The lowest BCUT2D eigenvalue weighted by atomic mass is 9.83. The number of anilines is 6. The van der Waals surface area contributed by atoms with Gasteiger partial charge in [0.05, 0.1) is 22.7 Å². The van der Waals surface area contributed by atoms with E-state index in [9.17, 15) is 0 Å². The lowest BCUT2D eigenvalue weighted by Crippen LogP contribution is -2.15. The molecular weight excluding hydrogens is 857 g/mol. The Bertz CT molecular complexity index is 4100. The summed E-state index contributed by atoms with van der Waals surface area (Å²) in [5, 5.41) is 12.4. The first-order valence-corrected chi connectivity index (χ1v) is 25.2. The minimum absolute atomic E-state index is 0.480. The third kappa shape index (κ3) is 6.70. The fraction of sp³-hybridized carbons (Fsp3) is 0.0725. The van der Waals surface area contributed by atoms with Gasteiger partial charge in [0.15, 0.2) is 0 Å². The van der Waals surface area contributed by atoms with Crippen molar-refractivity contribution in [2.75, 3.05) is 9.80 Å². The van der Waals surface area contributed by atoms with Crippen molar-refractivity contribution < 1.29 is 0 Å². The zero-order chi connectivity index (χ0) is 47.0. The minimum atomic E-state index is 0.480. The van der Waals surface area contributed by atoms with Crippen molar-refractivity contribution in [2.24, 2.45) is 5.92 Å². The van der Waals surface area contributed by atoms with E-state index in [-0.39, 0.29) is 0 Å². The molecule has 0 heterocycles. The van der Waals surface area contributed by atoms with E-state index in [1.165, 1.54) is 110 Å². The Labute approximate surface area is 415 Å². The maximum Gasteiger partial charge on any atom is 0.0547 e. The van der Waals surface area contributed by atoms with Crippen LogP contribution < -0.4 is 9.80 Å². The number of aryl methyl sites for hydroxylation is 1. The highest BCUT2D eigenvalue weighted by Gasteiger charge is 2.28. The SMILES string of the molecule is CC1C=Cc2c(cccc2N(c2ccccc2)c2cc(-c3cccc4ccccc34)c3ccc4c(N(c5ccccc5)c5cccc6c5C=CCC6)cc(-c5cccc6ccccc56)c5ccc2c3c54)C1. The minimum Gasteiger partial charge on any atom is -0.309 e. The van der Waals surface area contributed by atoms with Crippen LogP contribution in [0.4, 0.5) is 34.1 Å². The van der Waals surface area contributed by atoms with Crippen LogP contribution in [0.1, 0.15) is 35.6 Å². The van der Waals surface area contributed by atoms with E-state index in [2.05, 4.69) is 259 Å². The van der Waals surface area contributed by atoms with E-state index >= 15 is 0 Å². The molecule has 12 aromatic carbocycles. The van der Waals surface area contributed by atoms with Crippen molar-refractivity contribution in [1.29, 1.82) is 0 Å². The molecule has 0 aromatic heterocycles. The van der Waals surface area contributed by atoms with Gasteiger partial charge in [-0.05, 0) is 139 Å². The second kappa shape index (κ2) is 16.8. The van der Waals surface area contributed by atoms with Crippen LogP contribution in [-0.4, -0.2) is 0 Å². The van der Waals surface area contributed by atoms with Crippen LogP contribution in [0.2, 0.25) is 0 Å². The molecule has 2 aliphatic carbocycles. The summed E-state index contributed by atoms with van der Waals surface area (Å²) in [5.41, 5.74) is 17.2. The van der Waals surface area contributed by atoms with Gasteiger partial charge in [-0.2, -0.15) is 0 Å². The fourth-order valence-corrected chi connectivity index (χ4v) is 12.1. The van der Waals surface area contributed by atoms with Gasteiger partial charge in [0.1, 0.15) is 0 Å². The topological polar surface area (TPSA) is 6.48 Å². The van der Waals surface area contributed by atoms with Gasteiger partial charge in [-0.3, -0.25) is 0 Å². The first kappa shape index (κ1) is 41.3. The van der Waals surface area contributed by atoms with Crippen LogP contribution in [0.5, 0.6) is 0 Å². The molecule has 14 rings (SSSR count). The van der Waals surface area contributed by atoms with E-state index in [4.69, 9.17) is 0 Å². The third-order valence-electron chi connectivity index (χ3n) is 15.4. The highest BCUT2D eigenvalue weighted by atomic mass is 15.2. The molecule has 2 heteroatoms. The number of nitrogens with zero attached hydrogens (tertiary/aromatic N) is 2. The molecule has 2 nitrogen and oxygen atoms in total. The third-order valence-corrected chi connectivity index (χ3v) is 15.4. The molecule has 2 aliphatic rings. The van der Waals surface area contributed by atoms with Gasteiger partial charge in [-0.1, -0.05) is 201 Å².